The van der Waals surface area contributed by atoms with Gasteiger partial charge in [0.1, 0.15) is 0 Å². The molecule has 0 aromatic rings. The topological polar surface area (TPSA) is 9.23 Å². The normalized spacial score (nSPS) is 15.5. The Bertz CT molecular complexity index is 226. The minimum atomic E-state index is -1.52. The van der Waals surface area contributed by atoms with Gasteiger partial charge in [0.05, 0.1) is 0 Å². The lowest BCUT2D eigenvalue weighted by Crippen LogP contribution is -2.41. The maximum atomic E-state index is 6.19. The minimum Gasteiger partial charge on any atom is -0.417 e. The van der Waals surface area contributed by atoms with Crippen LogP contribution in [0.4, 0.5) is 0 Å². The first-order valence-electron chi connectivity index (χ1n) is 6.96. The lowest BCUT2D eigenvalue weighted by molar-refractivity contribution is 0.257. The van der Waals surface area contributed by atoms with Crippen LogP contribution in [0.1, 0.15) is 53.9 Å². The van der Waals surface area contributed by atoms with Crippen molar-refractivity contribution >= 4 is 8.32 Å². The molecule has 0 radical (unpaired) electrons. The van der Waals surface area contributed by atoms with Gasteiger partial charge >= 0.3 is 0 Å². The summed E-state index contributed by atoms with van der Waals surface area (Å²) in [6.45, 7) is 16.9. The fourth-order valence-corrected chi connectivity index (χ4v) is 2.48. The van der Waals surface area contributed by atoms with Gasteiger partial charge in [0.25, 0.3) is 0 Å². The summed E-state index contributed by atoms with van der Waals surface area (Å²) in [6, 6.07) is 0. The average Bonchev–Trinajstić information content (AvgIpc) is 2.16. The molecule has 0 aromatic carbocycles. The molecule has 0 saturated heterocycles. The lowest BCUT2D eigenvalue weighted by atomic mass is 10.0. The van der Waals surface area contributed by atoms with Gasteiger partial charge in [-0.25, -0.2) is 0 Å². The molecule has 17 heavy (non-hydrogen) atoms. The van der Waals surface area contributed by atoms with Crippen molar-refractivity contribution in [3.05, 3.63) is 12.2 Å². The van der Waals surface area contributed by atoms with Crippen molar-refractivity contribution in [1.82, 2.24) is 0 Å². The van der Waals surface area contributed by atoms with E-state index >= 15 is 0 Å². The second-order valence-electron chi connectivity index (χ2n) is 6.65. The molecule has 0 aliphatic rings. The SMILES string of the molecule is C/C=C\CC[C@H](C)CCO[Si](C)(C)C(C)(C)C. The standard InChI is InChI=1S/C15H32OSi/c1-8-9-10-11-14(2)12-13-16-17(6,7)15(3,4)5/h8-9,14H,10-13H2,1-7H3/b9-8-/t14-/m0/s1. The maximum absolute atomic E-state index is 6.19. The zero-order chi connectivity index (χ0) is 13.5. The molecule has 0 heterocycles. The van der Waals surface area contributed by atoms with Gasteiger partial charge in [-0.3, -0.25) is 0 Å². The summed E-state index contributed by atoms with van der Waals surface area (Å²) in [4.78, 5) is 0. The third-order valence-electron chi connectivity index (χ3n) is 3.94. The molecule has 0 unspecified atom stereocenters. The van der Waals surface area contributed by atoms with Crippen molar-refractivity contribution in [1.29, 1.82) is 0 Å². The van der Waals surface area contributed by atoms with Crippen LogP contribution in [0.25, 0.3) is 0 Å². The Balaban J connectivity index is 3.83. The Morgan fingerprint density at radius 3 is 2.24 bits per heavy atom. The van der Waals surface area contributed by atoms with E-state index in [1.165, 1.54) is 19.3 Å². The Morgan fingerprint density at radius 1 is 1.18 bits per heavy atom. The molecule has 0 aliphatic heterocycles. The highest BCUT2D eigenvalue weighted by Gasteiger charge is 2.36. The Hall–Kier alpha value is -0.0831. The Morgan fingerprint density at radius 2 is 1.76 bits per heavy atom. The first kappa shape index (κ1) is 16.9. The molecule has 1 atom stereocenters. The van der Waals surface area contributed by atoms with E-state index in [0.29, 0.717) is 5.04 Å². The predicted molar refractivity (Wildman–Crippen MR) is 81.0 cm³/mol. The van der Waals surface area contributed by atoms with Gasteiger partial charge in [-0.1, -0.05) is 39.8 Å². The van der Waals surface area contributed by atoms with E-state index in [-0.39, 0.29) is 0 Å². The summed E-state index contributed by atoms with van der Waals surface area (Å²) >= 11 is 0. The van der Waals surface area contributed by atoms with E-state index in [0.717, 1.165) is 12.5 Å². The Labute approximate surface area is 110 Å². The Kier molecular flexibility index (Phi) is 7.34. The zero-order valence-electron chi connectivity index (χ0n) is 13.0. The van der Waals surface area contributed by atoms with E-state index in [9.17, 15) is 0 Å². The fourth-order valence-electron chi connectivity index (χ4n) is 1.42. The molecule has 0 amide bonds. The van der Waals surface area contributed by atoms with Crippen molar-refractivity contribution < 1.29 is 4.43 Å². The van der Waals surface area contributed by atoms with Crippen LogP contribution in [0.5, 0.6) is 0 Å². The van der Waals surface area contributed by atoms with E-state index in [1.54, 1.807) is 0 Å². The van der Waals surface area contributed by atoms with Gasteiger partial charge < -0.3 is 4.43 Å². The van der Waals surface area contributed by atoms with Crippen LogP contribution < -0.4 is 0 Å². The highest BCUT2D eigenvalue weighted by atomic mass is 28.4. The summed E-state index contributed by atoms with van der Waals surface area (Å²) in [5.74, 6) is 0.774. The largest absolute Gasteiger partial charge is 0.417 e. The number of hydrogen-bond acceptors (Lipinski definition) is 1. The van der Waals surface area contributed by atoms with Crippen molar-refractivity contribution in [3.63, 3.8) is 0 Å². The van der Waals surface area contributed by atoms with Gasteiger partial charge in [0.15, 0.2) is 8.32 Å². The fraction of sp³-hybridized carbons (Fsp3) is 0.867. The molecule has 0 N–H and O–H groups in total. The molecular formula is C15H32OSi. The number of rotatable bonds is 7. The smallest absolute Gasteiger partial charge is 0.191 e. The molecule has 1 nitrogen and oxygen atoms in total. The van der Waals surface area contributed by atoms with Crippen molar-refractivity contribution in [2.45, 2.75) is 72.0 Å². The van der Waals surface area contributed by atoms with Crippen LogP contribution in [0.3, 0.4) is 0 Å². The molecule has 0 bridgehead atoms. The first-order valence-corrected chi connectivity index (χ1v) is 9.86. The van der Waals surface area contributed by atoms with Gasteiger partial charge in [-0.05, 0) is 50.2 Å². The van der Waals surface area contributed by atoms with Gasteiger partial charge in [0, 0.05) is 6.61 Å². The third-order valence-corrected chi connectivity index (χ3v) is 8.48. The average molecular weight is 257 g/mol. The molecular weight excluding hydrogens is 224 g/mol. The predicted octanol–water partition coefficient (Wildman–Crippen LogP) is 5.39. The quantitative estimate of drug-likeness (QED) is 0.438. The molecule has 0 aromatic heterocycles. The third kappa shape index (κ3) is 7.05. The second-order valence-corrected chi connectivity index (χ2v) is 11.5. The molecule has 0 aliphatic carbocycles. The van der Waals surface area contributed by atoms with Gasteiger partial charge in [-0.15, -0.1) is 0 Å². The minimum absolute atomic E-state index is 0.335. The van der Waals surface area contributed by atoms with Crippen LogP contribution in [0.2, 0.25) is 18.1 Å². The van der Waals surface area contributed by atoms with Crippen LogP contribution >= 0.6 is 0 Å². The summed E-state index contributed by atoms with van der Waals surface area (Å²) in [6.07, 6.45) is 8.08. The van der Waals surface area contributed by atoms with E-state index < -0.39 is 8.32 Å². The highest BCUT2D eigenvalue weighted by Crippen LogP contribution is 2.36. The van der Waals surface area contributed by atoms with E-state index in [1.807, 2.05) is 0 Å². The second kappa shape index (κ2) is 7.37. The van der Waals surface area contributed by atoms with Gasteiger partial charge in [-0.2, -0.15) is 0 Å². The van der Waals surface area contributed by atoms with Crippen LogP contribution in [-0.4, -0.2) is 14.9 Å². The monoisotopic (exact) mass is 256 g/mol. The molecule has 102 valence electrons. The summed E-state index contributed by atoms with van der Waals surface area (Å²) in [7, 11) is -1.52. The summed E-state index contributed by atoms with van der Waals surface area (Å²) in [5.41, 5.74) is 0. The van der Waals surface area contributed by atoms with Crippen molar-refractivity contribution in [3.8, 4) is 0 Å². The maximum Gasteiger partial charge on any atom is 0.191 e. The van der Waals surface area contributed by atoms with Crippen LogP contribution in [0.15, 0.2) is 12.2 Å². The number of allylic oxidation sites excluding steroid dienone is 2. The van der Waals surface area contributed by atoms with Crippen LogP contribution in [0, 0.1) is 5.92 Å². The molecule has 0 saturated carbocycles. The van der Waals surface area contributed by atoms with Crippen molar-refractivity contribution in [2.24, 2.45) is 5.92 Å². The molecule has 0 rings (SSSR count). The highest BCUT2D eigenvalue weighted by molar-refractivity contribution is 6.74. The number of hydrogen-bond donors (Lipinski definition) is 0. The summed E-state index contributed by atoms with van der Waals surface area (Å²) in [5, 5.41) is 0.335. The zero-order valence-corrected chi connectivity index (χ0v) is 14.0. The molecule has 2 heteroatoms. The van der Waals surface area contributed by atoms with E-state index in [4.69, 9.17) is 4.43 Å². The van der Waals surface area contributed by atoms with Crippen molar-refractivity contribution in [2.75, 3.05) is 6.61 Å². The van der Waals surface area contributed by atoms with E-state index in [2.05, 4.69) is 59.9 Å². The lowest BCUT2D eigenvalue weighted by Gasteiger charge is -2.36. The molecule has 0 spiro atoms. The molecule has 0 fully saturated rings. The summed E-state index contributed by atoms with van der Waals surface area (Å²) < 4.78 is 6.19. The van der Waals surface area contributed by atoms with Crippen LogP contribution in [-0.2, 0) is 4.43 Å². The van der Waals surface area contributed by atoms with Gasteiger partial charge in [0.2, 0.25) is 0 Å². The first-order chi connectivity index (χ1) is 7.70.